The van der Waals surface area contributed by atoms with Crippen molar-refractivity contribution in [1.82, 2.24) is 15.1 Å². The van der Waals surface area contributed by atoms with Crippen LogP contribution in [0.1, 0.15) is 43.9 Å². The number of carbonyl (C=O) groups is 1. The van der Waals surface area contributed by atoms with Crippen LogP contribution in [0.25, 0.3) is 15.9 Å². The maximum atomic E-state index is 11.2. The highest BCUT2D eigenvalue weighted by molar-refractivity contribution is 6.49. The third-order valence-corrected chi connectivity index (χ3v) is 7.74. The lowest BCUT2D eigenvalue weighted by Crippen LogP contribution is -2.38. The largest absolute Gasteiger partial charge is 0.488 e. The van der Waals surface area contributed by atoms with Crippen LogP contribution >= 0.6 is 23.2 Å². The molecule has 2 aliphatic heterocycles. The highest BCUT2D eigenvalue weighted by Crippen LogP contribution is 2.40. The van der Waals surface area contributed by atoms with E-state index in [1.165, 1.54) is 0 Å². The van der Waals surface area contributed by atoms with Gasteiger partial charge in [0, 0.05) is 29.1 Å². The Kier molecular flexibility index (Phi) is 7.15. The van der Waals surface area contributed by atoms with Gasteiger partial charge in [-0.25, -0.2) is 0 Å². The SMILES string of the molecule is CC(C)C(Oc1ccc2c(c1)OCC(CN1CCC(C(=O)O)CC1)=C2Cl)c1ccc2n[nH]c(Cl)c2c1. The summed E-state index contributed by atoms with van der Waals surface area (Å²) < 4.78 is 12.5. The van der Waals surface area contributed by atoms with Crippen LogP contribution < -0.4 is 9.47 Å². The molecule has 1 fully saturated rings. The van der Waals surface area contributed by atoms with Crippen molar-refractivity contribution in [2.45, 2.75) is 32.8 Å². The fraction of sp³-hybridized carbons (Fsp3) is 0.407. The van der Waals surface area contributed by atoms with E-state index in [1.807, 2.05) is 36.4 Å². The number of carboxylic acids is 1. The number of nitrogens with one attached hydrogen (secondary N) is 1. The first-order valence-electron chi connectivity index (χ1n) is 12.2. The van der Waals surface area contributed by atoms with Crippen LogP contribution in [0.5, 0.6) is 11.5 Å². The summed E-state index contributed by atoms with van der Waals surface area (Å²) in [7, 11) is 0. The summed E-state index contributed by atoms with van der Waals surface area (Å²) >= 11 is 13.0. The zero-order valence-corrected chi connectivity index (χ0v) is 21.8. The van der Waals surface area contributed by atoms with Gasteiger partial charge in [-0.1, -0.05) is 43.1 Å². The van der Waals surface area contributed by atoms with Crippen molar-refractivity contribution in [1.29, 1.82) is 0 Å². The Morgan fingerprint density at radius 1 is 1.22 bits per heavy atom. The van der Waals surface area contributed by atoms with Crippen LogP contribution in [0.15, 0.2) is 42.0 Å². The van der Waals surface area contributed by atoms with Gasteiger partial charge >= 0.3 is 5.97 Å². The van der Waals surface area contributed by atoms with Crippen LogP contribution in [-0.4, -0.2) is 52.4 Å². The van der Waals surface area contributed by atoms with Gasteiger partial charge in [0.05, 0.1) is 16.5 Å². The second-order valence-electron chi connectivity index (χ2n) is 9.85. The minimum atomic E-state index is -0.703. The van der Waals surface area contributed by atoms with E-state index in [4.69, 9.17) is 32.7 Å². The molecule has 0 amide bonds. The minimum Gasteiger partial charge on any atom is -0.488 e. The number of aromatic nitrogens is 2. The number of piperidine rings is 1. The van der Waals surface area contributed by atoms with E-state index in [0.29, 0.717) is 47.7 Å². The van der Waals surface area contributed by atoms with Gasteiger partial charge in [-0.3, -0.25) is 14.8 Å². The number of nitrogens with zero attached hydrogens (tertiary/aromatic N) is 2. The maximum absolute atomic E-state index is 11.2. The van der Waals surface area contributed by atoms with Gasteiger partial charge in [-0.2, -0.15) is 5.10 Å². The van der Waals surface area contributed by atoms with Crippen molar-refractivity contribution in [3.05, 3.63) is 58.3 Å². The van der Waals surface area contributed by atoms with Crippen molar-refractivity contribution in [2.24, 2.45) is 11.8 Å². The summed E-state index contributed by atoms with van der Waals surface area (Å²) in [6.07, 6.45) is 1.14. The first-order valence-corrected chi connectivity index (χ1v) is 13.0. The number of likely N-dealkylation sites (tertiary alicyclic amines) is 1. The number of halogens is 2. The molecule has 0 spiro atoms. The van der Waals surface area contributed by atoms with Crippen LogP contribution in [0.2, 0.25) is 5.15 Å². The highest BCUT2D eigenvalue weighted by atomic mass is 35.5. The van der Waals surface area contributed by atoms with Crippen molar-refractivity contribution >= 4 is 45.1 Å². The van der Waals surface area contributed by atoms with Crippen molar-refractivity contribution in [3.63, 3.8) is 0 Å². The number of aromatic amines is 1. The highest BCUT2D eigenvalue weighted by Gasteiger charge is 2.27. The molecule has 2 aliphatic rings. The molecule has 3 aromatic rings. The summed E-state index contributed by atoms with van der Waals surface area (Å²) in [4.78, 5) is 13.5. The molecule has 1 saturated heterocycles. The van der Waals surface area contributed by atoms with Gasteiger partial charge in [0.25, 0.3) is 0 Å². The Morgan fingerprint density at radius 2 is 2.00 bits per heavy atom. The van der Waals surface area contributed by atoms with Crippen LogP contribution in [0, 0.1) is 11.8 Å². The predicted octanol–water partition coefficient (Wildman–Crippen LogP) is 6.13. The second kappa shape index (κ2) is 10.3. The van der Waals surface area contributed by atoms with Gasteiger partial charge in [-0.05, 0) is 61.7 Å². The van der Waals surface area contributed by atoms with Gasteiger partial charge in [0.15, 0.2) is 0 Å². The number of H-pyrrole nitrogens is 1. The Bertz CT molecular complexity index is 1310. The van der Waals surface area contributed by atoms with Crippen LogP contribution in [-0.2, 0) is 4.79 Å². The smallest absolute Gasteiger partial charge is 0.306 e. The van der Waals surface area contributed by atoms with Gasteiger partial charge in [-0.15, -0.1) is 0 Å². The molecule has 2 N–H and O–H groups in total. The maximum Gasteiger partial charge on any atom is 0.306 e. The Hall–Kier alpha value is -2.74. The van der Waals surface area contributed by atoms with Crippen molar-refractivity contribution in [3.8, 4) is 11.5 Å². The van der Waals surface area contributed by atoms with Gasteiger partial charge < -0.3 is 14.6 Å². The van der Waals surface area contributed by atoms with E-state index < -0.39 is 5.97 Å². The molecule has 5 rings (SSSR count). The van der Waals surface area contributed by atoms with Crippen molar-refractivity contribution in [2.75, 3.05) is 26.2 Å². The minimum absolute atomic E-state index is 0.183. The van der Waals surface area contributed by atoms with Crippen LogP contribution in [0.4, 0.5) is 0 Å². The monoisotopic (exact) mass is 529 g/mol. The molecule has 0 aliphatic carbocycles. The lowest BCUT2D eigenvalue weighted by molar-refractivity contribution is -0.143. The number of hydrogen-bond donors (Lipinski definition) is 2. The fourth-order valence-electron chi connectivity index (χ4n) is 4.93. The molecular weight excluding hydrogens is 501 g/mol. The van der Waals surface area contributed by atoms with E-state index in [9.17, 15) is 9.90 Å². The second-order valence-corrected chi connectivity index (χ2v) is 10.6. The van der Waals surface area contributed by atoms with E-state index in [1.54, 1.807) is 0 Å². The zero-order chi connectivity index (χ0) is 25.4. The fourth-order valence-corrected chi connectivity index (χ4v) is 5.39. The number of rotatable bonds is 7. The molecule has 1 unspecified atom stereocenters. The molecule has 2 aromatic carbocycles. The summed E-state index contributed by atoms with van der Waals surface area (Å²) in [5.41, 5.74) is 3.69. The van der Waals surface area contributed by atoms with E-state index in [2.05, 4.69) is 28.9 Å². The first kappa shape index (κ1) is 24.9. The number of fused-ring (bicyclic) bond motifs is 2. The Balaban J connectivity index is 1.32. The molecule has 9 heteroatoms. The summed E-state index contributed by atoms with van der Waals surface area (Å²) in [6, 6.07) is 11.7. The Labute approximate surface area is 220 Å². The molecule has 3 heterocycles. The number of benzene rings is 2. The normalized spacial score (nSPS) is 17.8. The van der Waals surface area contributed by atoms with E-state index in [-0.39, 0.29) is 17.9 Å². The average molecular weight is 530 g/mol. The van der Waals surface area contributed by atoms with Gasteiger partial charge in [0.2, 0.25) is 0 Å². The number of carboxylic acid groups (broad SMARTS) is 1. The quantitative estimate of drug-likeness (QED) is 0.382. The van der Waals surface area contributed by atoms with E-state index in [0.717, 1.165) is 40.7 Å². The molecule has 1 atom stereocenters. The third-order valence-electron chi connectivity index (χ3n) is 6.98. The first-order chi connectivity index (χ1) is 17.3. The van der Waals surface area contributed by atoms with Gasteiger partial charge in [0.1, 0.15) is 29.4 Å². The number of ether oxygens (including phenoxy) is 2. The topological polar surface area (TPSA) is 87.7 Å². The molecule has 36 heavy (non-hydrogen) atoms. The zero-order valence-electron chi connectivity index (χ0n) is 20.3. The van der Waals surface area contributed by atoms with Crippen LogP contribution in [0.3, 0.4) is 0 Å². The summed E-state index contributed by atoms with van der Waals surface area (Å²) in [5, 5.41) is 18.3. The third kappa shape index (κ3) is 5.05. The van der Waals surface area contributed by atoms with E-state index >= 15 is 0 Å². The molecule has 0 saturated carbocycles. The molecule has 0 bridgehead atoms. The molecule has 1 aromatic heterocycles. The molecule has 190 valence electrons. The lowest BCUT2D eigenvalue weighted by Gasteiger charge is -2.32. The predicted molar refractivity (Wildman–Crippen MR) is 141 cm³/mol. The molecule has 0 radical (unpaired) electrons. The average Bonchev–Trinajstić information content (AvgIpc) is 3.24. The standard InChI is InChI=1S/C27H29Cl2N3O4/c1-15(2)25(17-3-6-22-21(11-17)26(29)31-30-22)36-19-4-5-20-23(12-19)35-14-18(24(20)28)13-32-9-7-16(8-10-32)27(33)34/h3-6,11-12,15-16,25H,7-10,13-14H2,1-2H3,(H,30,31)(H,33,34). The number of hydrogen-bond acceptors (Lipinski definition) is 5. The Morgan fingerprint density at radius 3 is 2.72 bits per heavy atom. The number of aliphatic carboxylic acids is 1. The summed E-state index contributed by atoms with van der Waals surface area (Å²) in [5.74, 6) is 0.660. The molecular formula is C27H29Cl2N3O4. The molecule has 7 nitrogen and oxygen atoms in total. The van der Waals surface area contributed by atoms with Crippen molar-refractivity contribution < 1.29 is 19.4 Å². The lowest BCUT2D eigenvalue weighted by atomic mass is 9.96. The summed E-state index contributed by atoms with van der Waals surface area (Å²) in [6.45, 7) is 6.81.